The summed E-state index contributed by atoms with van der Waals surface area (Å²) in [6.07, 6.45) is 4.60. The lowest BCUT2D eigenvalue weighted by atomic mass is 9.89. The highest BCUT2D eigenvalue weighted by molar-refractivity contribution is 8.13. The van der Waals surface area contributed by atoms with Gasteiger partial charge in [0, 0.05) is 5.75 Å². The van der Waals surface area contributed by atoms with Crippen LogP contribution in [-0.2, 0) is 23.8 Å². The fraction of sp³-hybridized carbons (Fsp3) is 0.800. The molecule has 1 atom stereocenters. The van der Waals surface area contributed by atoms with Crippen LogP contribution < -0.4 is 5.73 Å². The van der Waals surface area contributed by atoms with Crippen molar-refractivity contribution in [3.05, 3.63) is 0 Å². The molecule has 8 heteroatoms. The van der Waals surface area contributed by atoms with Crippen LogP contribution in [0.15, 0.2) is 0 Å². The molecule has 1 fully saturated rings. The molecule has 0 aromatic rings. The Hall–Kier alpha value is -1.28. The predicted molar refractivity (Wildman–Crippen MR) is 85.7 cm³/mol. The summed E-state index contributed by atoms with van der Waals surface area (Å²) >= 11 is 0.749. The summed E-state index contributed by atoms with van der Waals surface area (Å²) in [5.74, 6) is -0.931. The number of nitrogens with two attached hydrogens (primary N) is 1. The number of esters is 2. The van der Waals surface area contributed by atoms with E-state index in [-0.39, 0.29) is 23.7 Å². The van der Waals surface area contributed by atoms with Gasteiger partial charge in [-0.05, 0) is 38.5 Å². The number of hydrogen-bond acceptors (Lipinski definition) is 8. The lowest BCUT2D eigenvalue weighted by Crippen LogP contribution is -2.36. The van der Waals surface area contributed by atoms with Crippen molar-refractivity contribution in [2.24, 2.45) is 11.7 Å². The summed E-state index contributed by atoms with van der Waals surface area (Å²) < 4.78 is 14.7. The molecule has 0 spiro atoms. The summed E-state index contributed by atoms with van der Waals surface area (Å²) in [5.41, 5.74) is 5.60. The molecule has 0 aliphatic heterocycles. The Morgan fingerprint density at radius 2 is 1.78 bits per heavy atom. The first-order valence-corrected chi connectivity index (χ1v) is 8.81. The van der Waals surface area contributed by atoms with E-state index in [2.05, 4.69) is 0 Å². The Morgan fingerprint density at radius 3 is 2.39 bits per heavy atom. The van der Waals surface area contributed by atoms with Crippen LogP contribution in [-0.4, -0.2) is 41.9 Å². The third-order valence-corrected chi connectivity index (χ3v) is 4.23. The number of thioether (sulfide) groups is 1. The van der Waals surface area contributed by atoms with Gasteiger partial charge in [0.05, 0.1) is 12.0 Å². The van der Waals surface area contributed by atoms with E-state index in [1.807, 2.05) is 0 Å². The lowest BCUT2D eigenvalue weighted by molar-refractivity contribution is -0.157. The van der Waals surface area contributed by atoms with Crippen LogP contribution in [0.1, 0.15) is 46.0 Å². The van der Waals surface area contributed by atoms with Crippen LogP contribution in [0.25, 0.3) is 0 Å². The minimum atomic E-state index is -0.903. The van der Waals surface area contributed by atoms with E-state index in [4.69, 9.17) is 19.9 Å². The minimum absolute atomic E-state index is 0.0426. The highest BCUT2D eigenvalue weighted by Gasteiger charge is 2.23. The molecule has 1 saturated carbocycles. The monoisotopic (exact) mass is 347 g/mol. The fourth-order valence-electron chi connectivity index (χ4n) is 2.18. The van der Waals surface area contributed by atoms with Crippen LogP contribution in [0, 0.1) is 5.92 Å². The van der Waals surface area contributed by atoms with Crippen molar-refractivity contribution < 1.29 is 28.6 Å². The third-order valence-electron chi connectivity index (χ3n) is 3.35. The molecule has 1 aliphatic carbocycles. The molecule has 132 valence electrons. The first kappa shape index (κ1) is 19.8. The normalized spacial score (nSPS) is 16.7. The zero-order valence-electron chi connectivity index (χ0n) is 13.6. The molecule has 0 heterocycles. The third kappa shape index (κ3) is 8.22. The lowest BCUT2D eigenvalue weighted by Gasteiger charge is -2.19. The van der Waals surface area contributed by atoms with Crippen LogP contribution in [0.4, 0.5) is 4.79 Å². The topological polar surface area (TPSA) is 105 Å². The Labute approximate surface area is 140 Å². The van der Waals surface area contributed by atoms with Crippen molar-refractivity contribution in [1.29, 1.82) is 0 Å². The predicted octanol–water partition coefficient (Wildman–Crippen LogP) is 2.22. The Morgan fingerprint density at radius 1 is 1.13 bits per heavy atom. The average Bonchev–Trinajstić information content (AvgIpc) is 2.52. The second-order valence-electron chi connectivity index (χ2n) is 5.71. The molecule has 0 amide bonds. The van der Waals surface area contributed by atoms with Crippen molar-refractivity contribution >= 4 is 29.0 Å². The zero-order valence-corrected chi connectivity index (χ0v) is 14.4. The second kappa shape index (κ2) is 10.5. The average molecular weight is 347 g/mol. The maximum absolute atomic E-state index is 11.7. The zero-order chi connectivity index (χ0) is 17.2. The van der Waals surface area contributed by atoms with Gasteiger partial charge in [0.1, 0.15) is 6.04 Å². The summed E-state index contributed by atoms with van der Waals surface area (Å²) in [7, 11) is 0. The first-order chi connectivity index (χ1) is 10.9. The Kier molecular flexibility index (Phi) is 9.01. The fourth-order valence-corrected chi connectivity index (χ4v) is 2.76. The van der Waals surface area contributed by atoms with Crippen LogP contribution in [0.5, 0.6) is 0 Å². The number of ether oxygens (including phenoxy) is 3. The molecule has 0 bridgehead atoms. The smallest absolute Gasteiger partial charge is 0.370 e. The molecule has 0 aromatic carbocycles. The van der Waals surface area contributed by atoms with Crippen LogP contribution in [0.3, 0.4) is 0 Å². The van der Waals surface area contributed by atoms with Gasteiger partial charge in [-0.3, -0.25) is 9.59 Å². The molecule has 0 saturated heterocycles. The molecule has 0 unspecified atom stereocenters. The Bertz CT molecular complexity index is 409. The van der Waals surface area contributed by atoms with E-state index in [1.165, 1.54) is 0 Å². The molecule has 1 rings (SSSR count). The van der Waals surface area contributed by atoms with E-state index in [0.717, 1.165) is 43.9 Å². The summed E-state index contributed by atoms with van der Waals surface area (Å²) in [4.78, 5) is 34.7. The van der Waals surface area contributed by atoms with E-state index in [9.17, 15) is 14.4 Å². The van der Waals surface area contributed by atoms with Gasteiger partial charge < -0.3 is 19.9 Å². The van der Waals surface area contributed by atoms with Crippen molar-refractivity contribution in [2.45, 2.75) is 58.1 Å². The van der Waals surface area contributed by atoms with E-state index >= 15 is 0 Å². The van der Waals surface area contributed by atoms with E-state index < -0.39 is 24.1 Å². The van der Waals surface area contributed by atoms with Gasteiger partial charge in [0.15, 0.2) is 0 Å². The molecule has 0 radical (unpaired) electrons. The minimum Gasteiger partial charge on any atom is -0.462 e. The van der Waals surface area contributed by atoms with Crippen molar-refractivity contribution in [2.75, 3.05) is 12.5 Å². The van der Waals surface area contributed by atoms with Crippen LogP contribution in [0.2, 0.25) is 0 Å². The number of rotatable bonds is 7. The van der Waals surface area contributed by atoms with E-state index in [1.54, 1.807) is 13.8 Å². The van der Waals surface area contributed by atoms with Gasteiger partial charge >= 0.3 is 17.2 Å². The maximum atomic E-state index is 11.7. The summed E-state index contributed by atoms with van der Waals surface area (Å²) in [5, 5.41) is -0.644. The van der Waals surface area contributed by atoms with Crippen LogP contribution >= 0.6 is 11.8 Å². The van der Waals surface area contributed by atoms with Gasteiger partial charge in [-0.15, -0.1) is 0 Å². The molecule has 0 aromatic heterocycles. The molecular formula is C15H25NO6S. The van der Waals surface area contributed by atoms with Crippen molar-refractivity contribution in [1.82, 2.24) is 0 Å². The largest absolute Gasteiger partial charge is 0.462 e. The SMILES string of the molecule is CC(C)OC(=O)[C@@H](N)CSC(=O)OCOC(=O)C1CCCCC1. The molecule has 23 heavy (non-hydrogen) atoms. The summed E-state index contributed by atoms with van der Waals surface area (Å²) in [6.45, 7) is 3.02. The quantitative estimate of drug-likeness (QED) is 0.552. The second-order valence-corrected chi connectivity index (χ2v) is 6.67. The van der Waals surface area contributed by atoms with Gasteiger partial charge in [-0.25, -0.2) is 4.79 Å². The molecule has 2 N–H and O–H groups in total. The Balaban J connectivity index is 2.14. The summed E-state index contributed by atoms with van der Waals surface area (Å²) in [6, 6.07) is -0.903. The molecular weight excluding hydrogens is 322 g/mol. The van der Waals surface area contributed by atoms with Gasteiger partial charge in [0.2, 0.25) is 6.79 Å². The van der Waals surface area contributed by atoms with Gasteiger partial charge in [-0.1, -0.05) is 19.3 Å². The number of carbonyl (C=O) groups is 3. The molecule has 1 aliphatic rings. The standard InChI is InChI=1S/C15H25NO6S/c1-10(2)22-14(18)12(16)8-23-15(19)21-9-20-13(17)11-6-4-3-5-7-11/h10-12H,3-9,16H2,1-2H3/t12-/m0/s1. The van der Waals surface area contributed by atoms with Crippen molar-refractivity contribution in [3.8, 4) is 0 Å². The van der Waals surface area contributed by atoms with E-state index in [0.29, 0.717) is 0 Å². The highest BCUT2D eigenvalue weighted by atomic mass is 32.2. The highest BCUT2D eigenvalue weighted by Crippen LogP contribution is 2.24. The van der Waals surface area contributed by atoms with Crippen molar-refractivity contribution in [3.63, 3.8) is 0 Å². The number of carbonyl (C=O) groups excluding carboxylic acids is 3. The van der Waals surface area contributed by atoms with Gasteiger partial charge in [0.25, 0.3) is 0 Å². The molecule has 7 nitrogen and oxygen atoms in total. The van der Waals surface area contributed by atoms with Gasteiger partial charge in [-0.2, -0.15) is 0 Å². The maximum Gasteiger partial charge on any atom is 0.370 e. The number of hydrogen-bond donors (Lipinski definition) is 1. The first-order valence-electron chi connectivity index (χ1n) is 7.82.